The van der Waals surface area contributed by atoms with Crippen molar-refractivity contribution in [2.75, 3.05) is 5.32 Å². The Morgan fingerprint density at radius 2 is 2.32 bits per heavy atom. The number of hydrogen-bond donors (Lipinski definition) is 2. The lowest BCUT2D eigenvalue weighted by atomic mass is 9.86. The molecule has 3 atom stereocenters. The van der Waals surface area contributed by atoms with Crippen LogP contribution in [0, 0.1) is 17.8 Å². The highest BCUT2D eigenvalue weighted by atomic mass is 16.3. The van der Waals surface area contributed by atoms with Crippen LogP contribution < -0.4 is 5.32 Å². The van der Waals surface area contributed by atoms with Gasteiger partial charge in [-0.05, 0) is 43.1 Å². The summed E-state index contributed by atoms with van der Waals surface area (Å²) in [6.07, 6.45) is 7.43. The summed E-state index contributed by atoms with van der Waals surface area (Å²) in [5.41, 5.74) is 0.670. The van der Waals surface area contributed by atoms with Crippen LogP contribution in [-0.4, -0.2) is 16.0 Å². The average molecular weight is 260 g/mol. The molecule has 0 saturated heterocycles. The van der Waals surface area contributed by atoms with Crippen molar-refractivity contribution in [1.82, 2.24) is 4.98 Å². The topological polar surface area (TPSA) is 62.2 Å². The molecule has 1 heterocycles. The number of fused-ring (bicyclic) bond motifs is 2. The van der Waals surface area contributed by atoms with E-state index < -0.39 is 0 Å². The molecule has 3 unspecified atom stereocenters. The fourth-order valence-electron chi connectivity index (χ4n) is 3.73. The lowest BCUT2D eigenvalue weighted by Gasteiger charge is -2.21. The van der Waals surface area contributed by atoms with Crippen LogP contribution in [0.3, 0.4) is 0 Å². The first kappa shape index (κ1) is 12.6. The Bertz CT molecular complexity index is 475. The summed E-state index contributed by atoms with van der Waals surface area (Å²) < 4.78 is 0. The quantitative estimate of drug-likeness (QED) is 0.873. The highest BCUT2D eigenvalue weighted by Gasteiger charge is 2.40. The van der Waals surface area contributed by atoms with Gasteiger partial charge in [-0.2, -0.15) is 0 Å². The molecule has 2 N–H and O–H groups in total. The Kier molecular flexibility index (Phi) is 3.51. The summed E-state index contributed by atoms with van der Waals surface area (Å²) in [5.74, 6) is 2.71. The summed E-state index contributed by atoms with van der Waals surface area (Å²) in [7, 11) is 0. The van der Waals surface area contributed by atoms with Gasteiger partial charge in [0.2, 0.25) is 5.91 Å². The van der Waals surface area contributed by atoms with Gasteiger partial charge in [-0.15, -0.1) is 0 Å². The predicted octanol–water partition coefficient (Wildman–Crippen LogP) is 2.34. The second-order valence-corrected chi connectivity index (χ2v) is 5.86. The van der Waals surface area contributed by atoms with Crippen molar-refractivity contribution in [2.24, 2.45) is 17.8 Å². The van der Waals surface area contributed by atoms with Crippen molar-refractivity contribution in [3.05, 3.63) is 23.9 Å². The van der Waals surface area contributed by atoms with Crippen molar-refractivity contribution in [2.45, 2.75) is 38.7 Å². The standard InChI is InChI=1S/C15H20N2O2/c18-9-12-2-1-5-16-15(12)17-14(19)8-13-7-10-3-4-11(13)6-10/h1-2,5,10-11,13,18H,3-4,6-9H2,(H,16,17,19). The lowest BCUT2D eigenvalue weighted by Crippen LogP contribution is -2.21. The molecule has 2 fully saturated rings. The minimum Gasteiger partial charge on any atom is -0.392 e. The first-order valence-electron chi connectivity index (χ1n) is 7.11. The van der Waals surface area contributed by atoms with Crippen LogP contribution in [0.4, 0.5) is 5.82 Å². The normalized spacial score (nSPS) is 28.6. The van der Waals surface area contributed by atoms with E-state index >= 15 is 0 Å². The van der Waals surface area contributed by atoms with Gasteiger partial charge in [-0.1, -0.05) is 12.5 Å². The second-order valence-electron chi connectivity index (χ2n) is 5.86. The summed E-state index contributed by atoms with van der Waals surface area (Å²) in [6.45, 7) is -0.0996. The van der Waals surface area contributed by atoms with Gasteiger partial charge in [0.1, 0.15) is 5.82 Å². The number of pyridine rings is 1. The highest BCUT2D eigenvalue weighted by molar-refractivity contribution is 5.90. The maximum atomic E-state index is 12.1. The van der Waals surface area contributed by atoms with Gasteiger partial charge >= 0.3 is 0 Å². The molecule has 2 aliphatic rings. The molecule has 2 bridgehead atoms. The molecular formula is C15H20N2O2. The molecule has 1 aromatic rings. The maximum Gasteiger partial charge on any atom is 0.225 e. The molecule has 0 spiro atoms. The molecule has 19 heavy (non-hydrogen) atoms. The van der Waals surface area contributed by atoms with Crippen LogP contribution in [0.1, 0.15) is 37.7 Å². The molecule has 1 aromatic heterocycles. The average Bonchev–Trinajstić information content (AvgIpc) is 3.01. The number of aromatic nitrogens is 1. The van der Waals surface area contributed by atoms with Crippen molar-refractivity contribution >= 4 is 11.7 Å². The zero-order valence-electron chi connectivity index (χ0n) is 11.0. The molecule has 0 aromatic carbocycles. The molecule has 2 saturated carbocycles. The van der Waals surface area contributed by atoms with E-state index in [9.17, 15) is 9.90 Å². The fraction of sp³-hybridized carbons (Fsp3) is 0.600. The zero-order valence-corrected chi connectivity index (χ0v) is 11.0. The van der Waals surface area contributed by atoms with Crippen LogP contribution in [0.15, 0.2) is 18.3 Å². The number of aliphatic hydroxyl groups is 1. The first-order chi connectivity index (χ1) is 9.26. The summed E-state index contributed by atoms with van der Waals surface area (Å²) in [5, 5.41) is 12.0. The number of carbonyl (C=O) groups is 1. The fourth-order valence-corrected chi connectivity index (χ4v) is 3.73. The maximum absolute atomic E-state index is 12.1. The Morgan fingerprint density at radius 3 is 3.00 bits per heavy atom. The van der Waals surface area contributed by atoms with Gasteiger partial charge in [0.15, 0.2) is 0 Å². The van der Waals surface area contributed by atoms with E-state index in [0.29, 0.717) is 23.7 Å². The van der Waals surface area contributed by atoms with E-state index in [1.54, 1.807) is 18.3 Å². The number of hydrogen-bond acceptors (Lipinski definition) is 3. The smallest absolute Gasteiger partial charge is 0.225 e. The summed E-state index contributed by atoms with van der Waals surface area (Å²) in [4.78, 5) is 16.2. The first-order valence-corrected chi connectivity index (χ1v) is 7.11. The van der Waals surface area contributed by atoms with E-state index in [1.165, 1.54) is 25.7 Å². The number of carbonyl (C=O) groups excluding carboxylic acids is 1. The van der Waals surface area contributed by atoms with E-state index in [0.717, 1.165) is 11.8 Å². The van der Waals surface area contributed by atoms with Crippen molar-refractivity contribution < 1.29 is 9.90 Å². The molecule has 4 heteroatoms. The SMILES string of the molecule is O=C(CC1CC2CCC1C2)Nc1ncccc1CO. The lowest BCUT2D eigenvalue weighted by molar-refractivity contribution is -0.117. The zero-order chi connectivity index (χ0) is 13.2. The van der Waals surface area contributed by atoms with Gasteiger partial charge in [0.05, 0.1) is 6.61 Å². The monoisotopic (exact) mass is 260 g/mol. The van der Waals surface area contributed by atoms with Crippen molar-refractivity contribution in [3.63, 3.8) is 0 Å². The largest absolute Gasteiger partial charge is 0.392 e. The predicted molar refractivity (Wildman–Crippen MR) is 72.3 cm³/mol. The van der Waals surface area contributed by atoms with Gasteiger partial charge in [0, 0.05) is 18.2 Å². The van der Waals surface area contributed by atoms with Gasteiger partial charge in [-0.3, -0.25) is 4.79 Å². The minimum atomic E-state index is -0.0996. The summed E-state index contributed by atoms with van der Waals surface area (Å²) >= 11 is 0. The van der Waals surface area contributed by atoms with Gasteiger partial charge in [0.25, 0.3) is 0 Å². The van der Waals surface area contributed by atoms with Crippen LogP contribution in [-0.2, 0) is 11.4 Å². The third-order valence-corrected chi connectivity index (χ3v) is 4.65. The third-order valence-electron chi connectivity index (χ3n) is 4.65. The summed E-state index contributed by atoms with van der Waals surface area (Å²) in [6, 6.07) is 3.54. The Labute approximate surface area is 113 Å². The molecule has 0 aliphatic heterocycles. The van der Waals surface area contributed by atoms with E-state index in [-0.39, 0.29) is 12.5 Å². The third kappa shape index (κ3) is 2.63. The van der Waals surface area contributed by atoms with E-state index in [2.05, 4.69) is 10.3 Å². The number of aliphatic hydroxyl groups excluding tert-OH is 1. The van der Waals surface area contributed by atoms with Crippen LogP contribution in [0.5, 0.6) is 0 Å². The number of anilines is 1. The Balaban J connectivity index is 1.59. The van der Waals surface area contributed by atoms with Crippen molar-refractivity contribution in [3.8, 4) is 0 Å². The minimum absolute atomic E-state index is 0.0333. The van der Waals surface area contributed by atoms with E-state index in [1.807, 2.05) is 0 Å². The molecule has 1 amide bonds. The molecular weight excluding hydrogens is 240 g/mol. The highest BCUT2D eigenvalue weighted by Crippen LogP contribution is 2.49. The molecule has 0 radical (unpaired) electrons. The number of nitrogens with zero attached hydrogens (tertiary/aromatic N) is 1. The van der Waals surface area contributed by atoms with Crippen LogP contribution in [0.25, 0.3) is 0 Å². The molecule has 102 valence electrons. The second kappa shape index (κ2) is 5.29. The van der Waals surface area contributed by atoms with E-state index in [4.69, 9.17) is 0 Å². The van der Waals surface area contributed by atoms with Crippen LogP contribution in [0.2, 0.25) is 0 Å². The van der Waals surface area contributed by atoms with Crippen LogP contribution >= 0.6 is 0 Å². The molecule has 4 nitrogen and oxygen atoms in total. The molecule has 2 aliphatic carbocycles. The number of rotatable bonds is 4. The van der Waals surface area contributed by atoms with Crippen molar-refractivity contribution in [1.29, 1.82) is 0 Å². The Morgan fingerprint density at radius 1 is 1.42 bits per heavy atom. The number of nitrogens with one attached hydrogen (secondary N) is 1. The van der Waals surface area contributed by atoms with Gasteiger partial charge < -0.3 is 10.4 Å². The molecule has 3 rings (SSSR count). The Hall–Kier alpha value is -1.42. The van der Waals surface area contributed by atoms with Gasteiger partial charge in [-0.25, -0.2) is 4.98 Å². The number of amides is 1.